The average Bonchev–Trinajstić information content (AvgIpc) is 2.80. The molecular formula is C26H29N3O2. The summed E-state index contributed by atoms with van der Waals surface area (Å²) in [5, 5.41) is 3.20. The number of aryl methyl sites for hydroxylation is 1. The maximum atomic E-state index is 13.4. The van der Waals surface area contributed by atoms with Crippen molar-refractivity contribution in [3.63, 3.8) is 0 Å². The van der Waals surface area contributed by atoms with Crippen molar-refractivity contribution in [2.75, 3.05) is 36.5 Å². The van der Waals surface area contributed by atoms with Crippen LogP contribution in [0.5, 0.6) is 0 Å². The Morgan fingerprint density at radius 2 is 1.81 bits per heavy atom. The topological polar surface area (TPSA) is 54.5 Å². The zero-order valence-corrected chi connectivity index (χ0v) is 18.4. The summed E-state index contributed by atoms with van der Waals surface area (Å²) < 4.78 is 5.52. The molecule has 0 unspecified atom stereocenters. The monoisotopic (exact) mass is 415 g/mol. The number of hydrogen-bond acceptors (Lipinski definition) is 4. The van der Waals surface area contributed by atoms with Gasteiger partial charge in [0.05, 0.1) is 18.9 Å². The highest BCUT2D eigenvalue weighted by Crippen LogP contribution is 2.35. The molecule has 5 nitrogen and oxygen atoms in total. The molecule has 5 heteroatoms. The molecule has 1 aromatic heterocycles. The van der Waals surface area contributed by atoms with Crippen LogP contribution in [0, 0.1) is 6.92 Å². The number of nitrogens with one attached hydrogen (secondary N) is 1. The largest absolute Gasteiger partial charge is 0.378 e. The molecule has 1 fully saturated rings. The van der Waals surface area contributed by atoms with Gasteiger partial charge in [-0.25, -0.2) is 4.98 Å². The Morgan fingerprint density at radius 1 is 1.06 bits per heavy atom. The van der Waals surface area contributed by atoms with Gasteiger partial charge in [0.1, 0.15) is 0 Å². The van der Waals surface area contributed by atoms with E-state index in [4.69, 9.17) is 4.74 Å². The molecule has 1 N–H and O–H groups in total. The van der Waals surface area contributed by atoms with Crippen LogP contribution >= 0.6 is 0 Å². The number of aromatic nitrogens is 1. The summed E-state index contributed by atoms with van der Waals surface area (Å²) in [5.41, 5.74) is 5.63. The van der Waals surface area contributed by atoms with Gasteiger partial charge in [0.2, 0.25) is 0 Å². The van der Waals surface area contributed by atoms with Gasteiger partial charge in [-0.2, -0.15) is 0 Å². The molecule has 0 bridgehead atoms. The quantitative estimate of drug-likeness (QED) is 0.617. The van der Waals surface area contributed by atoms with E-state index in [2.05, 4.69) is 47.2 Å². The third-order valence-electron chi connectivity index (χ3n) is 5.73. The fraction of sp³-hybridized carbons (Fsp3) is 0.308. The number of nitrogens with zero attached hydrogens (tertiary/aromatic N) is 2. The molecule has 0 spiro atoms. The van der Waals surface area contributed by atoms with Gasteiger partial charge in [0.25, 0.3) is 5.91 Å². The first-order valence-corrected chi connectivity index (χ1v) is 10.8. The Kier molecular flexibility index (Phi) is 6.33. The Hall–Kier alpha value is -3.18. The standard InChI is InChI=1S/C26H29N3O2/c1-18(2)21-9-10-22(19(3)17-21)26(30)28-24-23(20-7-5-4-6-8-20)11-12-27-25(24)29-13-15-31-16-14-29/h4-12,17-18H,13-16H2,1-3H3,(H,28,30). The van der Waals surface area contributed by atoms with E-state index in [1.54, 1.807) is 0 Å². The summed E-state index contributed by atoms with van der Waals surface area (Å²) in [5.74, 6) is 1.09. The van der Waals surface area contributed by atoms with Crippen molar-refractivity contribution in [3.8, 4) is 11.1 Å². The molecule has 1 amide bonds. The van der Waals surface area contributed by atoms with Crippen molar-refractivity contribution in [2.45, 2.75) is 26.7 Å². The van der Waals surface area contributed by atoms with Gasteiger partial charge in [-0.3, -0.25) is 4.79 Å². The van der Waals surface area contributed by atoms with Gasteiger partial charge < -0.3 is 15.0 Å². The third-order valence-corrected chi connectivity index (χ3v) is 5.73. The summed E-state index contributed by atoms with van der Waals surface area (Å²) in [6.07, 6.45) is 1.81. The van der Waals surface area contributed by atoms with Crippen LogP contribution in [0.1, 0.15) is 41.3 Å². The van der Waals surface area contributed by atoms with E-state index in [0.29, 0.717) is 24.7 Å². The molecule has 4 rings (SSSR count). The molecule has 160 valence electrons. The second kappa shape index (κ2) is 9.31. The first-order chi connectivity index (χ1) is 15.0. The van der Waals surface area contributed by atoms with Gasteiger partial charge in [-0.15, -0.1) is 0 Å². The molecule has 1 aliphatic rings. The first-order valence-electron chi connectivity index (χ1n) is 10.8. The van der Waals surface area contributed by atoms with E-state index in [1.165, 1.54) is 5.56 Å². The van der Waals surface area contributed by atoms with Crippen molar-refractivity contribution in [3.05, 3.63) is 77.5 Å². The van der Waals surface area contributed by atoms with Crippen molar-refractivity contribution in [2.24, 2.45) is 0 Å². The van der Waals surface area contributed by atoms with E-state index in [1.807, 2.05) is 49.5 Å². The minimum absolute atomic E-state index is 0.118. The molecule has 2 heterocycles. The number of rotatable bonds is 5. The Bertz CT molecular complexity index is 1060. The van der Waals surface area contributed by atoms with Gasteiger partial charge in [-0.1, -0.05) is 56.3 Å². The molecule has 0 saturated carbocycles. The van der Waals surface area contributed by atoms with Crippen molar-refractivity contribution in [1.82, 2.24) is 4.98 Å². The summed E-state index contributed by atoms with van der Waals surface area (Å²) >= 11 is 0. The van der Waals surface area contributed by atoms with Crippen molar-refractivity contribution >= 4 is 17.4 Å². The summed E-state index contributed by atoms with van der Waals surface area (Å²) in [7, 11) is 0. The number of hydrogen-bond donors (Lipinski definition) is 1. The first kappa shape index (κ1) is 21.1. The van der Waals surface area contributed by atoms with E-state index in [-0.39, 0.29) is 5.91 Å². The van der Waals surface area contributed by atoms with Crippen LogP contribution in [-0.4, -0.2) is 37.2 Å². The van der Waals surface area contributed by atoms with Crippen molar-refractivity contribution in [1.29, 1.82) is 0 Å². The van der Waals surface area contributed by atoms with E-state index in [9.17, 15) is 4.79 Å². The Balaban J connectivity index is 1.74. The minimum Gasteiger partial charge on any atom is -0.378 e. The van der Waals surface area contributed by atoms with Gasteiger partial charge >= 0.3 is 0 Å². The predicted octanol–water partition coefficient (Wildman–Crippen LogP) is 5.27. The lowest BCUT2D eigenvalue weighted by atomic mass is 9.97. The van der Waals surface area contributed by atoms with E-state index in [0.717, 1.165) is 41.3 Å². The van der Waals surface area contributed by atoms with Crippen LogP contribution in [0.3, 0.4) is 0 Å². The Labute approximate surface area is 184 Å². The maximum absolute atomic E-state index is 13.4. The summed E-state index contributed by atoms with van der Waals surface area (Å²) in [4.78, 5) is 20.2. The van der Waals surface area contributed by atoms with Crippen LogP contribution < -0.4 is 10.2 Å². The smallest absolute Gasteiger partial charge is 0.256 e. The number of morpholine rings is 1. The highest BCUT2D eigenvalue weighted by Gasteiger charge is 2.22. The maximum Gasteiger partial charge on any atom is 0.256 e. The number of pyridine rings is 1. The predicted molar refractivity (Wildman–Crippen MR) is 126 cm³/mol. The second-order valence-corrected chi connectivity index (χ2v) is 8.21. The van der Waals surface area contributed by atoms with Gasteiger partial charge in [0, 0.05) is 30.4 Å². The molecule has 0 atom stereocenters. The van der Waals surface area contributed by atoms with Gasteiger partial charge in [0.15, 0.2) is 5.82 Å². The number of carbonyl (C=O) groups excluding carboxylic acids is 1. The summed E-state index contributed by atoms with van der Waals surface area (Å²) in [6, 6.07) is 18.1. The minimum atomic E-state index is -0.118. The number of benzene rings is 2. The molecule has 2 aromatic carbocycles. The molecule has 3 aromatic rings. The highest BCUT2D eigenvalue weighted by molar-refractivity contribution is 6.09. The highest BCUT2D eigenvalue weighted by atomic mass is 16.5. The van der Waals surface area contributed by atoms with Crippen LogP contribution in [0.4, 0.5) is 11.5 Å². The lowest BCUT2D eigenvalue weighted by Gasteiger charge is -2.30. The normalized spacial score (nSPS) is 14.0. The fourth-order valence-electron chi connectivity index (χ4n) is 3.93. The van der Waals surface area contributed by atoms with Crippen LogP contribution in [0.25, 0.3) is 11.1 Å². The molecule has 31 heavy (non-hydrogen) atoms. The molecule has 0 aliphatic carbocycles. The molecule has 1 saturated heterocycles. The SMILES string of the molecule is Cc1cc(C(C)C)ccc1C(=O)Nc1c(-c2ccccc2)ccnc1N1CCOCC1. The molecular weight excluding hydrogens is 386 g/mol. The lowest BCUT2D eigenvalue weighted by Crippen LogP contribution is -2.37. The van der Waals surface area contributed by atoms with Crippen LogP contribution in [0.2, 0.25) is 0 Å². The molecule has 1 aliphatic heterocycles. The second-order valence-electron chi connectivity index (χ2n) is 8.21. The van der Waals surface area contributed by atoms with Crippen LogP contribution in [0.15, 0.2) is 60.8 Å². The zero-order chi connectivity index (χ0) is 21.8. The molecule has 0 radical (unpaired) electrons. The lowest BCUT2D eigenvalue weighted by molar-refractivity contribution is 0.102. The number of anilines is 2. The fourth-order valence-corrected chi connectivity index (χ4v) is 3.93. The number of amides is 1. The average molecular weight is 416 g/mol. The van der Waals surface area contributed by atoms with E-state index < -0.39 is 0 Å². The number of carbonyl (C=O) groups is 1. The summed E-state index contributed by atoms with van der Waals surface area (Å²) in [6.45, 7) is 9.11. The number of ether oxygens (including phenoxy) is 1. The third kappa shape index (κ3) is 4.62. The zero-order valence-electron chi connectivity index (χ0n) is 18.4. The van der Waals surface area contributed by atoms with E-state index >= 15 is 0 Å². The van der Waals surface area contributed by atoms with Crippen LogP contribution in [-0.2, 0) is 4.74 Å². The Morgan fingerprint density at radius 3 is 2.48 bits per heavy atom. The van der Waals surface area contributed by atoms with Crippen molar-refractivity contribution < 1.29 is 9.53 Å². The van der Waals surface area contributed by atoms with Gasteiger partial charge in [-0.05, 0) is 41.7 Å².